The summed E-state index contributed by atoms with van der Waals surface area (Å²) in [6.45, 7) is 6.26. The predicted octanol–water partition coefficient (Wildman–Crippen LogP) is 4.77. The molecule has 3 aromatic rings. The standard InChI is InChI=1S/C20H22N4O/c1-4-15-6-9-17(10-7-15)25-20-18(21)19(22-12-23-20)24-16-8-5-13(2)14(3)11-16/h5-12H,4,21H2,1-3H3,(H,22,23,24). The molecule has 0 saturated carbocycles. The van der Waals surface area contributed by atoms with Crippen molar-refractivity contribution in [2.24, 2.45) is 0 Å². The van der Waals surface area contributed by atoms with Crippen LogP contribution in [0.5, 0.6) is 11.6 Å². The molecular weight excluding hydrogens is 312 g/mol. The van der Waals surface area contributed by atoms with Crippen LogP contribution in [0, 0.1) is 13.8 Å². The van der Waals surface area contributed by atoms with E-state index in [2.05, 4.69) is 48.2 Å². The first-order valence-electron chi connectivity index (χ1n) is 8.28. The fourth-order valence-corrected chi connectivity index (χ4v) is 2.42. The number of benzene rings is 2. The summed E-state index contributed by atoms with van der Waals surface area (Å²) in [5.74, 6) is 1.56. The van der Waals surface area contributed by atoms with Gasteiger partial charge in [-0.05, 0) is 61.2 Å². The number of rotatable bonds is 5. The Morgan fingerprint density at radius 3 is 2.44 bits per heavy atom. The van der Waals surface area contributed by atoms with Crippen LogP contribution in [0.2, 0.25) is 0 Å². The number of nitrogens with one attached hydrogen (secondary N) is 1. The van der Waals surface area contributed by atoms with Gasteiger partial charge in [0.15, 0.2) is 5.82 Å². The highest BCUT2D eigenvalue weighted by molar-refractivity contribution is 5.72. The Morgan fingerprint density at radius 1 is 1.00 bits per heavy atom. The number of anilines is 3. The van der Waals surface area contributed by atoms with Gasteiger partial charge >= 0.3 is 0 Å². The molecule has 1 heterocycles. The lowest BCUT2D eigenvalue weighted by Crippen LogP contribution is -2.03. The van der Waals surface area contributed by atoms with E-state index in [0.29, 0.717) is 23.1 Å². The average molecular weight is 334 g/mol. The molecule has 0 atom stereocenters. The smallest absolute Gasteiger partial charge is 0.248 e. The second-order valence-corrected chi connectivity index (χ2v) is 5.96. The van der Waals surface area contributed by atoms with E-state index in [1.165, 1.54) is 23.0 Å². The van der Waals surface area contributed by atoms with Crippen LogP contribution in [0.15, 0.2) is 48.8 Å². The highest BCUT2D eigenvalue weighted by Crippen LogP contribution is 2.31. The lowest BCUT2D eigenvalue weighted by Gasteiger charge is -2.13. The summed E-state index contributed by atoms with van der Waals surface area (Å²) >= 11 is 0. The maximum atomic E-state index is 6.19. The van der Waals surface area contributed by atoms with Crippen molar-refractivity contribution in [2.75, 3.05) is 11.1 Å². The third-order valence-electron chi connectivity index (χ3n) is 4.16. The number of nitrogens with zero attached hydrogens (tertiary/aromatic N) is 2. The molecule has 0 fully saturated rings. The lowest BCUT2D eigenvalue weighted by molar-refractivity contribution is 0.464. The summed E-state index contributed by atoms with van der Waals surface area (Å²) in [5.41, 5.74) is 11.2. The van der Waals surface area contributed by atoms with E-state index in [-0.39, 0.29) is 0 Å². The van der Waals surface area contributed by atoms with E-state index in [1.54, 1.807) is 0 Å². The van der Waals surface area contributed by atoms with Crippen LogP contribution in [0.1, 0.15) is 23.6 Å². The maximum absolute atomic E-state index is 6.19. The molecule has 128 valence electrons. The molecule has 3 N–H and O–H groups in total. The van der Waals surface area contributed by atoms with Crippen LogP contribution in [-0.4, -0.2) is 9.97 Å². The van der Waals surface area contributed by atoms with E-state index in [1.807, 2.05) is 30.3 Å². The van der Waals surface area contributed by atoms with Gasteiger partial charge in [0.05, 0.1) is 0 Å². The largest absolute Gasteiger partial charge is 0.437 e. The monoisotopic (exact) mass is 334 g/mol. The predicted molar refractivity (Wildman–Crippen MR) is 102 cm³/mol. The Bertz CT molecular complexity index is 875. The third-order valence-corrected chi connectivity index (χ3v) is 4.16. The number of aryl methyl sites for hydroxylation is 3. The Hall–Kier alpha value is -3.08. The Kier molecular flexibility index (Phi) is 4.84. The van der Waals surface area contributed by atoms with Gasteiger partial charge < -0.3 is 15.8 Å². The van der Waals surface area contributed by atoms with E-state index in [0.717, 1.165) is 12.1 Å². The van der Waals surface area contributed by atoms with Gasteiger partial charge in [0.25, 0.3) is 0 Å². The molecule has 2 aromatic carbocycles. The Morgan fingerprint density at radius 2 is 1.76 bits per heavy atom. The van der Waals surface area contributed by atoms with Crippen molar-refractivity contribution in [3.63, 3.8) is 0 Å². The van der Waals surface area contributed by atoms with Gasteiger partial charge in [0.2, 0.25) is 5.88 Å². The zero-order chi connectivity index (χ0) is 17.8. The fraction of sp³-hybridized carbons (Fsp3) is 0.200. The quantitative estimate of drug-likeness (QED) is 0.703. The van der Waals surface area contributed by atoms with Gasteiger partial charge in [0, 0.05) is 5.69 Å². The van der Waals surface area contributed by atoms with Gasteiger partial charge in [-0.3, -0.25) is 0 Å². The number of nitrogen functional groups attached to an aromatic ring is 1. The van der Waals surface area contributed by atoms with Crippen molar-refractivity contribution in [1.29, 1.82) is 0 Å². The molecule has 0 saturated heterocycles. The fourth-order valence-electron chi connectivity index (χ4n) is 2.42. The maximum Gasteiger partial charge on any atom is 0.248 e. The van der Waals surface area contributed by atoms with Crippen LogP contribution in [0.25, 0.3) is 0 Å². The van der Waals surface area contributed by atoms with Crippen LogP contribution in [-0.2, 0) is 6.42 Å². The second-order valence-electron chi connectivity index (χ2n) is 5.96. The molecule has 5 heteroatoms. The molecule has 0 unspecified atom stereocenters. The van der Waals surface area contributed by atoms with Crippen LogP contribution < -0.4 is 15.8 Å². The Balaban J connectivity index is 1.82. The summed E-state index contributed by atoms with van der Waals surface area (Å²) in [6, 6.07) is 14.0. The van der Waals surface area contributed by atoms with Crippen molar-refractivity contribution in [3.8, 4) is 11.6 Å². The third kappa shape index (κ3) is 3.88. The first kappa shape index (κ1) is 16.8. The summed E-state index contributed by atoms with van der Waals surface area (Å²) in [4.78, 5) is 8.38. The summed E-state index contributed by atoms with van der Waals surface area (Å²) in [6.07, 6.45) is 2.43. The van der Waals surface area contributed by atoms with E-state index >= 15 is 0 Å². The molecule has 0 bridgehead atoms. The summed E-state index contributed by atoms with van der Waals surface area (Å²) < 4.78 is 5.81. The van der Waals surface area contributed by atoms with Crippen molar-refractivity contribution >= 4 is 17.2 Å². The van der Waals surface area contributed by atoms with Crippen molar-refractivity contribution in [2.45, 2.75) is 27.2 Å². The van der Waals surface area contributed by atoms with Crippen molar-refractivity contribution < 1.29 is 4.74 Å². The van der Waals surface area contributed by atoms with Gasteiger partial charge in [-0.1, -0.05) is 25.1 Å². The Labute approximate surface area is 147 Å². The van der Waals surface area contributed by atoms with Gasteiger partial charge in [0.1, 0.15) is 17.8 Å². The molecule has 0 amide bonds. The second kappa shape index (κ2) is 7.21. The molecule has 3 rings (SSSR count). The highest BCUT2D eigenvalue weighted by atomic mass is 16.5. The number of hydrogen-bond acceptors (Lipinski definition) is 5. The minimum Gasteiger partial charge on any atom is -0.437 e. The molecular formula is C20H22N4O. The average Bonchev–Trinajstić information content (AvgIpc) is 2.62. The first-order chi connectivity index (χ1) is 12.1. The lowest BCUT2D eigenvalue weighted by atomic mass is 10.1. The van der Waals surface area contributed by atoms with Gasteiger partial charge in [-0.25, -0.2) is 4.98 Å². The minimum absolute atomic E-state index is 0.339. The molecule has 0 aliphatic heterocycles. The SMILES string of the molecule is CCc1ccc(Oc2ncnc(Nc3ccc(C)c(C)c3)c2N)cc1. The van der Waals surface area contributed by atoms with Crippen molar-refractivity contribution in [3.05, 3.63) is 65.5 Å². The molecule has 0 radical (unpaired) electrons. The zero-order valence-corrected chi connectivity index (χ0v) is 14.7. The van der Waals surface area contributed by atoms with Crippen LogP contribution >= 0.6 is 0 Å². The first-order valence-corrected chi connectivity index (χ1v) is 8.28. The van der Waals surface area contributed by atoms with Gasteiger partial charge in [-0.2, -0.15) is 4.98 Å². The molecule has 0 aliphatic carbocycles. The molecule has 0 aliphatic rings. The van der Waals surface area contributed by atoms with E-state index in [4.69, 9.17) is 10.5 Å². The number of ether oxygens (including phenoxy) is 1. The van der Waals surface area contributed by atoms with Crippen molar-refractivity contribution in [1.82, 2.24) is 9.97 Å². The highest BCUT2D eigenvalue weighted by Gasteiger charge is 2.11. The molecule has 1 aromatic heterocycles. The normalized spacial score (nSPS) is 10.5. The zero-order valence-electron chi connectivity index (χ0n) is 14.7. The van der Waals surface area contributed by atoms with Crippen LogP contribution in [0.3, 0.4) is 0 Å². The molecule has 5 nitrogen and oxygen atoms in total. The number of hydrogen-bond donors (Lipinski definition) is 2. The van der Waals surface area contributed by atoms with E-state index < -0.39 is 0 Å². The molecule has 0 spiro atoms. The summed E-state index contributed by atoms with van der Waals surface area (Å²) in [5, 5.41) is 3.23. The van der Waals surface area contributed by atoms with E-state index in [9.17, 15) is 0 Å². The molecule has 25 heavy (non-hydrogen) atoms. The van der Waals surface area contributed by atoms with Gasteiger partial charge in [-0.15, -0.1) is 0 Å². The minimum atomic E-state index is 0.339. The number of nitrogens with two attached hydrogens (primary N) is 1. The van der Waals surface area contributed by atoms with Crippen LogP contribution in [0.4, 0.5) is 17.2 Å². The number of aromatic nitrogens is 2. The summed E-state index contributed by atoms with van der Waals surface area (Å²) in [7, 11) is 0. The topological polar surface area (TPSA) is 73.1 Å².